The summed E-state index contributed by atoms with van der Waals surface area (Å²) in [7, 11) is 0. The van der Waals surface area contributed by atoms with Crippen molar-refractivity contribution in [3.8, 4) is 5.75 Å². The van der Waals surface area contributed by atoms with Gasteiger partial charge in [-0.05, 0) is 80.1 Å². The van der Waals surface area contributed by atoms with Gasteiger partial charge < -0.3 is 10.1 Å². The molecule has 2 bridgehead atoms. The number of nitrogens with zero attached hydrogens (tertiary/aromatic N) is 1. The van der Waals surface area contributed by atoms with E-state index in [-0.39, 0.29) is 0 Å². The maximum atomic E-state index is 5.41. The maximum absolute atomic E-state index is 5.41. The predicted octanol–water partition coefficient (Wildman–Crippen LogP) is 3.07. The van der Waals surface area contributed by atoms with Gasteiger partial charge in [0.15, 0.2) is 5.11 Å². The molecule has 0 aromatic heterocycles. The van der Waals surface area contributed by atoms with Crippen molar-refractivity contribution in [2.45, 2.75) is 38.6 Å². The van der Waals surface area contributed by atoms with Crippen LogP contribution in [0.4, 0.5) is 0 Å². The van der Waals surface area contributed by atoms with E-state index in [2.05, 4.69) is 15.8 Å². The molecule has 0 saturated heterocycles. The Morgan fingerprint density at radius 2 is 2.14 bits per heavy atom. The Kier molecular flexibility index (Phi) is 4.93. The van der Waals surface area contributed by atoms with Gasteiger partial charge in [-0.1, -0.05) is 6.42 Å². The Bertz CT molecular complexity index is 543. The summed E-state index contributed by atoms with van der Waals surface area (Å²) in [6.45, 7) is 2.65. The van der Waals surface area contributed by atoms with Gasteiger partial charge in [0.25, 0.3) is 0 Å². The second kappa shape index (κ2) is 7.09. The monoisotopic (exact) mass is 317 g/mol. The lowest BCUT2D eigenvalue weighted by molar-refractivity contribution is 0.340. The number of fused-ring (bicyclic) bond motifs is 2. The first-order valence-electron chi connectivity index (χ1n) is 8.07. The lowest BCUT2D eigenvalue weighted by Crippen LogP contribution is -2.42. The van der Waals surface area contributed by atoms with Crippen LogP contribution in [0, 0.1) is 11.8 Å². The minimum Gasteiger partial charge on any atom is -0.494 e. The maximum Gasteiger partial charge on any atom is 0.187 e. The van der Waals surface area contributed by atoms with Crippen molar-refractivity contribution in [2.75, 3.05) is 6.61 Å². The first kappa shape index (κ1) is 15.3. The van der Waals surface area contributed by atoms with Crippen LogP contribution in [-0.4, -0.2) is 24.0 Å². The van der Waals surface area contributed by atoms with Gasteiger partial charge in [-0.15, -0.1) is 0 Å². The van der Waals surface area contributed by atoms with Crippen LogP contribution >= 0.6 is 12.2 Å². The molecule has 0 radical (unpaired) electrons. The van der Waals surface area contributed by atoms with E-state index in [0.717, 1.165) is 23.1 Å². The van der Waals surface area contributed by atoms with Gasteiger partial charge in [-0.25, -0.2) is 0 Å². The second-order valence-electron chi connectivity index (χ2n) is 6.13. The molecule has 118 valence electrons. The fourth-order valence-corrected chi connectivity index (χ4v) is 3.81. The average Bonchev–Trinajstić information content (AvgIpc) is 3.12. The molecule has 2 aliphatic rings. The summed E-state index contributed by atoms with van der Waals surface area (Å²) in [4.78, 5) is 0. The number of benzene rings is 1. The first-order valence-corrected chi connectivity index (χ1v) is 8.48. The smallest absolute Gasteiger partial charge is 0.187 e. The molecular formula is C17H23N3OS. The topological polar surface area (TPSA) is 45.6 Å². The van der Waals surface area contributed by atoms with Crippen molar-refractivity contribution in [1.82, 2.24) is 10.7 Å². The van der Waals surface area contributed by atoms with Crippen molar-refractivity contribution in [3.05, 3.63) is 29.8 Å². The number of hydrazone groups is 1. The van der Waals surface area contributed by atoms with E-state index in [9.17, 15) is 0 Å². The predicted molar refractivity (Wildman–Crippen MR) is 93.3 cm³/mol. The van der Waals surface area contributed by atoms with Gasteiger partial charge >= 0.3 is 0 Å². The third-order valence-electron chi connectivity index (χ3n) is 4.63. The highest BCUT2D eigenvalue weighted by molar-refractivity contribution is 7.80. The zero-order chi connectivity index (χ0) is 15.4. The van der Waals surface area contributed by atoms with E-state index >= 15 is 0 Å². The number of nitrogens with one attached hydrogen (secondary N) is 2. The fraction of sp³-hybridized carbons (Fsp3) is 0.529. The van der Waals surface area contributed by atoms with Gasteiger partial charge in [0, 0.05) is 6.04 Å². The largest absolute Gasteiger partial charge is 0.494 e. The van der Waals surface area contributed by atoms with Crippen LogP contribution in [0.1, 0.15) is 38.2 Å². The highest BCUT2D eigenvalue weighted by atomic mass is 32.1. The van der Waals surface area contributed by atoms with Crippen LogP contribution in [0.2, 0.25) is 0 Å². The highest BCUT2D eigenvalue weighted by Crippen LogP contribution is 2.44. The van der Waals surface area contributed by atoms with Crippen LogP contribution < -0.4 is 15.5 Å². The molecule has 3 atom stereocenters. The highest BCUT2D eigenvalue weighted by Gasteiger charge is 2.39. The van der Waals surface area contributed by atoms with Crippen molar-refractivity contribution in [3.63, 3.8) is 0 Å². The van der Waals surface area contributed by atoms with Gasteiger partial charge in [-0.3, -0.25) is 5.43 Å². The van der Waals surface area contributed by atoms with Gasteiger partial charge in [0.05, 0.1) is 12.8 Å². The lowest BCUT2D eigenvalue weighted by atomic mass is 9.96. The Hall–Kier alpha value is -1.62. The molecule has 0 unspecified atom stereocenters. The molecule has 3 rings (SSSR count). The van der Waals surface area contributed by atoms with Gasteiger partial charge in [0.2, 0.25) is 0 Å². The average molecular weight is 317 g/mol. The van der Waals surface area contributed by atoms with E-state index in [4.69, 9.17) is 17.0 Å². The van der Waals surface area contributed by atoms with E-state index in [1.807, 2.05) is 31.2 Å². The quantitative estimate of drug-likeness (QED) is 0.498. The fourth-order valence-electron chi connectivity index (χ4n) is 3.60. The van der Waals surface area contributed by atoms with E-state index in [1.54, 1.807) is 6.21 Å². The number of thiocarbonyl (C=S) groups is 1. The number of rotatable bonds is 5. The summed E-state index contributed by atoms with van der Waals surface area (Å²) in [5.74, 6) is 2.60. The second-order valence-corrected chi connectivity index (χ2v) is 6.54. The van der Waals surface area contributed by atoms with Crippen LogP contribution in [-0.2, 0) is 0 Å². The molecule has 0 amide bonds. The van der Waals surface area contributed by atoms with E-state index in [1.165, 1.54) is 25.7 Å². The Balaban J connectivity index is 1.44. The minimum absolute atomic E-state index is 0.541. The number of hydrogen-bond acceptors (Lipinski definition) is 3. The summed E-state index contributed by atoms with van der Waals surface area (Å²) in [6.07, 6.45) is 7.15. The summed E-state index contributed by atoms with van der Waals surface area (Å²) in [6, 6.07) is 8.37. The lowest BCUT2D eigenvalue weighted by Gasteiger charge is -2.23. The van der Waals surface area contributed by atoms with Crippen LogP contribution in [0.5, 0.6) is 5.75 Å². The van der Waals surface area contributed by atoms with Crippen LogP contribution in [0.3, 0.4) is 0 Å². The zero-order valence-electron chi connectivity index (χ0n) is 12.9. The van der Waals surface area contributed by atoms with Crippen LogP contribution in [0.15, 0.2) is 29.4 Å². The normalized spacial score (nSPS) is 26.3. The SMILES string of the molecule is CCOc1ccc(/C=N\NC(=S)N[C@@H]2C[C@H]3CC[C@H]2C3)cc1. The third kappa shape index (κ3) is 3.77. The Labute approximate surface area is 137 Å². The number of ether oxygens (including phenoxy) is 1. The third-order valence-corrected chi connectivity index (χ3v) is 4.83. The molecule has 4 nitrogen and oxygen atoms in total. The zero-order valence-corrected chi connectivity index (χ0v) is 13.7. The van der Waals surface area contributed by atoms with E-state index < -0.39 is 0 Å². The van der Waals surface area contributed by atoms with E-state index in [0.29, 0.717) is 17.8 Å². The van der Waals surface area contributed by atoms with Gasteiger partial charge in [0.1, 0.15) is 5.75 Å². The van der Waals surface area contributed by atoms with Gasteiger partial charge in [-0.2, -0.15) is 5.10 Å². The minimum atomic E-state index is 0.541. The first-order chi connectivity index (χ1) is 10.7. The molecule has 1 aromatic carbocycles. The summed E-state index contributed by atoms with van der Waals surface area (Å²) < 4.78 is 5.41. The molecule has 0 heterocycles. The van der Waals surface area contributed by atoms with Crippen LogP contribution in [0.25, 0.3) is 0 Å². The van der Waals surface area contributed by atoms with Crippen molar-refractivity contribution >= 4 is 23.5 Å². The molecule has 0 aliphatic heterocycles. The molecule has 1 aromatic rings. The van der Waals surface area contributed by atoms with Crippen molar-refractivity contribution < 1.29 is 4.74 Å². The number of hydrogen-bond donors (Lipinski definition) is 2. The molecule has 2 aliphatic carbocycles. The Morgan fingerprint density at radius 1 is 1.32 bits per heavy atom. The summed E-state index contributed by atoms with van der Waals surface area (Å²) in [5, 5.41) is 8.24. The Morgan fingerprint density at radius 3 is 2.77 bits per heavy atom. The summed E-state index contributed by atoms with van der Waals surface area (Å²) >= 11 is 5.32. The van der Waals surface area contributed by atoms with Crippen molar-refractivity contribution in [1.29, 1.82) is 0 Å². The standard InChI is InChI=1S/C17H23N3OS/c1-2-21-15-7-4-12(5-8-15)11-18-20-17(22)19-16-10-13-3-6-14(16)9-13/h4-5,7-8,11,13-14,16H,2-3,6,9-10H2,1H3,(H2,19,20,22)/b18-11-/t13-,14-,16+/m0/s1. The molecule has 22 heavy (non-hydrogen) atoms. The van der Waals surface area contributed by atoms with Crippen molar-refractivity contribution in [2.24, 2.45) is 16.9 Å². The summed E-state index contributed by atoms with van der Waals surface area (Å²) in [5.41, 5.74) is 3.93. The molecule has 2 fully saturated rings. The molecule has 5 heteroatoms. The molecule has 2 saturated carbocycles. The molecule has 2 N–H and O–H groups in total. The molecular weight excluding hydrogens is 294 g/mol. The molecule has 0 spiro atoms.